The van der Waals surface area contributed by atoms with E-state index in [4.69, 9.17) is 9.97 Å². The third-order valence-corrected chi connectivity index (χ3v) is 8.84. The minimum Gasteiger partial charge on any atom is -0.309 e. The molecule has 4 heterocycles. The SMILES string of the molecule is C.Cc1ccc(-c2ccc3c(c2)N2c4cc(-c5ccc(C)cn5)ccc4C(C)(C)c4cccc(c42)C3(C)C)nc1. The molecule has 0 amide bonds. The van der Waals surface area contributed by atoms with Gasteiger partial charge in [0, 0.05) is 34.4 Å². The number of anilines is 3. The van der Waals surface area contributed by atoms with Crippen LogP contribution in [0.15, 0.2) is 91.3 Å². The average Bonchev–Trinajstić information content (AvgIpc) is 2.93. The van der Waals surface area contributed by atoms with Crippen LogP contribution in [0.1, 0.15) is 68.5 Å². The Kier molecular flexibility index (Phi) is 5.78. The Bertz CT molecular complexity index is 1630. The number of hydrogen-bond donors (Lipinski definition) is 0. The molecule has 0 unspecified atom stereocenters. The highest BCUT2D eigenvalue weighted by Gasteiger charge is 2.45. The summed E-state index contributed by atoms with van der Waals surface area (Å²) in [6.07, 6.45) is 3.90. The fourth-order valence-corrected chi connectivity index (χ4v) is 6.54. The van der Waals surface area contributed by atoms with Crippen LogP contribution >= 0.6 is 0 Å². The quantitative estimate of drug-likeness (QED) is 0.231. The molecule has 0 saturated heterocycles. The van der Waals surface area contributed by atoms with Crippen molar-refractivity contribution in [2.75, 3.05) is 4.90 Å². The number of hydrogen-bond acceptors (Lipinski definition) is 3. The molecule has 2 aliphatic heterocycles. The third-order valence-electron chi connectivity index (χ3n) is 8.84. The van der Waals surface area contributed by atoms with E-state index in [0.29, 0.717) is 0 Å². The first-order chi connectivity index (χ1) is 18.7. The summed E-state index contributed by atoms with van der Waals surface area (Å²) in [5, 5.41) is 0. The number of nitrogens with zero attached hydrogens (tertiary/aromatic N) is 3. The van der Waals surface area contributed by atoms with Crippen LogP contribution in [0.2, 0.25) is 0 Å². The molecule has 0 radical (unpaired) electrons. The zero-order chi connectivity index (χ0) is 27.1. The van der Waals surface area contributed by atoms with Crippen molar-refractivity contribution in [2.24, 2.45) is 0 Å². The number of rotatable bonds is 2. The van der Waals surface area contributed by atoms with E-state index in [9.17, 15) is 0 Å². The Hall–Kier alpha value is -4.24. The van der Waals surface area contributed by atoms with Gasteiger partial charge in [0.05, 0.1) is 28.5 Å². The molecule has 0 atom stereocenters. The number of aryl methyl sites for hydroxylation is 2. The van der Waals surface area contributed by atoms with Crippen LogP contribution in [-0.4, -0.2) is 9.97 Å². The molecule has 0 fully saturated rings. The van der Waals surface area contributed by atoms with Gasteiger partial charge in [-0.05, 0) is 71.5 Å². The van der Waals surface area contributed by atoms with Gasteiger partial charge < -0.3 is 4.90 Å². The maximum absolute atomic E-state index is 4.76. The normalized spacial score (nSPS) is 15.4. The molecule has 200 valence electrons. The molecule has 0 saturated carbocycles. The number of pyridine rings is 2. The summed E-state index contributed by atoms with van der Waals surface area (Å²) in [6, 6.07) is 29.2. The Labute approximate surface area is 238 Å². The molecule has 0 bridgehead atoms. The predicted octanol–water partition coefficient (Wildman–Crippen LogP) is 9.81. The second-order valence-corrected chi connectivity index (χ2v) is 12.2. The van der Waals surface area contributed by atoms with Crippen molar-refractivity contribution in [1.82, 2.24) is 9.97 Å². The molecule has 0 aliphatic carbocycles. The van der Waals surface area contributed by atoms with E-state index in [2.05, 4.69) is 125 Å². The molecule has 0 N–H and O–H groups in total. The first kappa shape index (κ1) is 26.0. The van der Waals surface area contributed by atoms with Gasteiger partial charge in [-0.15, -0.1) is 0 Å². The Morgan fingerprint density at radius 2 is 1.00 bits per heavy atom. The monoisotopic (exact) mass is 523 g/mol. The lowest BCUT2D eigenvalue weighted by Gasteiger charge is -2.49. The fourth-order valence-electron chi connectivity index (χ4n) is 6.54. The number of aromatic nitrogens is 2. The van der Waals surface area contributed by atoms with Gasteiger partial charge in [-0.2, -0.15) is 0 Å². The summed E-state index contributed by atoms with van der Waals surface area (Å²) in [5.74, 6) is 0. The molecular formula is C37H37N3. The van der Waals surface area contributed by atoms with Gasteiger partial charge in [-0.25, -0.2) is 0 Å². The van der Waals surface area contributed by atoms with Crippen LogP contribution in [0.3, 0.4) is 0 Å². The Balaban J connectivity index is 0.00000289. The van der Waals surface area contributed by atoms with Gasteiger partial charge in [0.1, 0.15) is 0 Å². The summed E-state index contributed by atoms with van der Waals surface area (Å²) in [6.45, 7) is 13.6. The summed E-state index contributed by atoms with van der Waals surface area (Å²) in [7, 11) is 0. The lowest BCUT2D eigenvalue weighted by Crippen LogP contribution is -2.38. The average molecular weight is 524 g/mol. The van der Waals surface area contributed by atoms with Gasteiger partial charge >= 0.3 is 0 Å². The van der Waals surface area contributed by atoms with E-state index in [1.807, 2.05) is 12.4 Å². The van der Waals surface area contributed by atoms with Crippen LogP contribution in [0, 0.1) is 13.8 Å². The maximum atomic E-state index is 4.76. The highest BCUT2D eigenvalue weighted by Crippen LogP contribution is 2.60. The minimum absolute atomic E-state index is 0. The summed E-state index contributed by atoms with van der Waals surface area (Å²) >= 11 is 0. The van der Waals surface area contributed by atoms with E-state index in [0.717, 1.165) is 22.5 Å². The highest BCUT2D eigenvalue weighted by molar-refractivity contribution is 5.94. The first-order valence-electron chi connectivity index (χ1n) is 13.8. The second kappa shape index (κ2) is 8.89. The standard InChI is InChI=1S/C36H33N3.CH4/c1-22-10-16-30(37-20-22)24-12-14-26-32(18-24)39-33-19-25(31-17-11-23(2)21-38-31)13-15-27(33)36(5,6)29-9-7-8-28(34(29)39)35(26,3)4;/h7-21H,1-6H3;1H4. The summed E-state index contributed by atoms with van der Waals surface area (Å²) in [4.78, 5) is 12.0. The molecular weight excluding hydrogens is 486 g/mol. The van der Waals surface area contributed by atoms with E-state index < -0.39 is 0 Å². The van der Waals surface area contributed by atoms with Crippen molar-refractivity contribution >= 4 is 17.1 Å². The molecule has 7 rings (SSSR count). The number of para-hydroxylation sites is 1. The van der Waals surface area contributed by atoms with Crippen LogP contribution < -0.4 is 4.90 Å². The first-order valence-corrected chi connectivity index (χ1v) is 13.8. The zero-order valence-corrected chi connectivity index (χ0v) is 23.5. The second-order valence-electron chi connectivity index (χ2n) is 12.2. The lowest BCUT2D eigenvalue weighted by atomic mass is 9.66. The van der Waals surface area contributed by atoms with Crippen molar-refractivity contribution < 1.29 is 0 Å². The van der Waals surface area contributed by atoms with Crippen LogP contribution in [0.4, 0.5) is 17.1 Å². The topological polar surface area (TPSA) is 29.0 Å². The van der Waals surface area contributed by atoms with E-state index >= 15 is 0 Å². The predicted molar refractivity (Wildman–Crippen MR) is 168 cm³/mol. The maximum Gasteiger partial charge on any atom is 0.0702 e. The van der Waals surface area contributed by atoms with Crippen molar-refractivity contribution in [1.29, 1.82) is 0 Å². The zero-order valence-electron chi connectivity index (χ0n) is 23.5. The Morgan fingerprint density at radius 3 is 1.40 bits per heavy atom. The largest absolute Gasteiger partial charge is 0.309 e. The fraction of sp³-hybridized carbons (Fsp3) is 0.243. The van der Waals surface area contributed by atoms with Gasteiger partial charge in [0.2, 0.25) is 0 Å². The smallest absolute Gasteiger partial charge is 0.0702 e. The molecule has 3 aromatic carbocycles. The van der Waals surface area contributed by atoms with E-state index in [1.165, 1.54) is 50.4 Å². The van der Waals surface area contributed by atoms with Gasteiger partial charge in [0.25, 0.3) is 0 Å². The minimum atomic E-state index is -0.139. The molecule has 5 aromatic rings. The van der Waals surface area contributed by atoms with Crippen LogP contribution in [-0.2, 0) is 10.8 Å². The van der Waals surface area contributed by atoms with Gasteiger partial charge in [0.15, 0.2) is 0 Å². The molecule has 0 spiro atoms. The van der Waals surface area contributed by atoms with Crippen LogP contribution in [0.5, 0.6) is 0 Å². The van der Waals surface area contributed by atoms with Gasteiger partial charge in [-0.1, -0.05) is 89.7 Å². The molecule has 3 heteroatoms. The van der Waals surface area contributed by atoms with Crippen LogP contribution in [0.25, 0.3) is 22.5 Å². The summed E-state index contributed by atoms with van der Waals surface area (Å²) < 4.78 is 0. The number of benzene rings is 3. The van der Waals surface area contributed by atoms with E-state index in [1.54, 1.807) is 0 Å². The Morgan fingerprint density at radius 1 is 0.550 bits per heavy atom. The highest BCUT2D eigenvalue weighted by atomic mass is 15.2. The van der Waals surface area contributed by atoms with E-state index in [-0.39, 0.29) is 18.3 Å². The molecule has 2 aliphatic rings. The van der Waals surface area contributed by atoms with Crippen molar-refractivity contribution in [2.45, 2.75) is 59.8 Å². The summed E-state index contributed by atoms with van der Waals surface area (Å²) in [5.41, 5.74) is 15.5. The lowest BCUT2D eigenvalue weighted by molar-refractivity contribution is 0.597. The van der Waals surface area contributed by atoms with Crippen molar-refractivity contribution in [3.63, 3.8) is 0 Å². The van der Waals surface area contributed by atoms with Crippen molar-refractivity contribution in [3.05, 3.63) is 125 Å². The third kappa shape index (κ3) is 3.64. The van der Waals surface area contributed by atoms with Crippen molar-refractivity contribution in [3.8, 4) is 22.5 Å². The molecule has 2 aromatic heterocycles. The number of fused-ring (bicyclic) bond motifs is 4. The molecule has 3 nitrogen and oxygen atoms in total. The molecule has 40 heavy (non-hydrogen) atoms. The van der Waals surface area contributed by atoms with Gasteiger partial charge in [-0.3, -0.25) is 9.97 Å².